The van der Waals surface area contributed by atoms with Gasteiger partial charge in [-0.1, -0.05) is 24.3 Å². The van der Waals surface area contributed by atoms with Crippen molar-refractivity contribution < 1.29 is 19.4 Å². The van der Waals surface area contributed by atoms with Crippen LogP contribution in [0.4, 0.5) is 4.39 Å². The van der Waals surface area contributed by atoms with Crippen LogP contribution in [0.5, 0.6) is 5.75 Å². The molecule has 4 heteroatoms. The second kappa shape index (κ2) is 4.96. The molecule has 0 saturated heterocycles. The Morgan fingerprint density at radius 1 is 1.10 bits per heavy atom. The lowest BCUT2D eigenvalue weighted by Crippen LogP contribution is -2.28. The molecule has 2 N–H and O–H groups in total. The number of phenolic OH excluding ortho intramolecular Hbond substituents is 1. The van der Waals surface area contributed by atoms with Crippen molar-refractivity contribution in [1.29, 1.82) is 0 Å². The maximum absolute atomic E-state index is 12.9. The van der Waals surface area contributed by atoms with E-state index in [-0.39, 0.29) is 11.6 Å². The standard InChI is InChI=1S/C16H15FO3/c1-16(2,15(19)20)11-5-8-13(14(18)9-11)10-3-6-12(17)7-4-10/h3-9,18H,1-2H3,(H,19,20). The van der Waals surface area contributed by atoms with Crippen molar-refractivity contribution in [2.45, 2.75) is 19.3 Å². The van der Waals surface area contributed by atoms with Gasteiger partial charge >= 0.3 is 5.97 Å². The molecule has 0 amide bonds. The van der Waals surface area contributed by atoms with E-state index in [0.29, 0.717) is 16.7 Å². The molecule has 0 heterocycles. The largest absolute Gasteiger partial charge is 0.507 e. The monoisotopic (exact) mass is 274 g/mol. The Bertz CT molecular complexity index is 645. The van der Waals surface area contributed by atoms with Gasteiger partial charge in [-0.05, 0) is 43.2 Å². The van der Waals surface area contributed by atoms with Crippen LogP contribution in [0.2, 0.25) is 0 Å². The summed E-state index contributed by atoms with van der Waals surface area (Å²) in [5, 5.41) is 19.3. The van der Waals surface area contributed by atoms with E-state index in [4.69, 9.17) is 0 Å². The highest BCUT2D eigenvalue weighted by Crippen LogP contribution is 2.34. The highest BCUT2D eigenvalue weighted by molar-refractivity contribution is 5.81. The maximum Gasteiger partial charge on any atom is 0.313 e. The van der Waals surface area contributed by atoms with Crippen LogP contribution in [0.15, 0.2) is 42.5 Å². The molecule has 0 fully saturated rings. The summed E-state index contributed by atoms with van der Waals surface area (Å²) in [4.78, 5) is 11.2. The van der Waals surface area contributed by atoms with Crippen molar-refractivity contribution in [3.63, 3.8) is 0 Å². The normalized spacial score (nSPS) is 11.3. The molecule has 0 aliphatic carbocycles. The van der Waals surface area contributed by atoms with Gasteiger partial charge in [-0.3, -0.25) is 4.79 Å². The van der Waals surface area contributed by atoms with Crippen LogP contribution in [-0.4, -0.2) is 16.2 Å². The molecule has 20 heavy (non-hydrogen) atoms. The number of rotatable bonds is 3. The minimum absolute atomic E-state index is 0.0246. The number of hydrogen-bond donors (Lipinski definition) is 2. The van der Waals surface area contributed by atoms with Crippen molar-refractivity contribution in [2.75, 3.05) is 0 Å². The van der Waals surface area contributed by atoms with E-state index >= 15 is 0 Å². The number of phenols is 1. The zero-order valence-corrected chi connectivity index (χ0v) is 11.2. The molecule has 104 valence electrons. The summed E-state index contributed by atoms with van der Waals surface area (Å²) in [6, 6.07) is 10.5. The van der Waals surface area contributed by atoms with E-state index in [0.717, 1.165) is 0 Å². The average Bonchev–Trinajstić information content (AvgIpc) is 2.39. The average molecular weight is 274 g/mol. The molecule has 3 nitrogen and oxygen atoms in total. The molecule has 0 aliphatic rings. The van der Waals surface area contributed by atoms with Crippen LogP contribution in [-0.2, 0) is 10.2 Å². The zero-order chi connectivity index (χ0) is 14.9. The van der Waals surface area contributed by atoms with Gasteiger partial charge in [0.2, 0.25) is 0 Å². The SMILES string of the molecule is CC(C)(C(=O)O)c1ccc(-c2ccc(F)cc2)c(O)c1. The molecule has 0 atom stereocenters. The molecular weight excluding hydrogens is 259 g/mol. The Morgan fingerprint density at radius 2 is 1.70 bits per heavy atom. The predicted octanol–water partition coefficient (Wildman–Crippen LogP) is 3.56. The minimum atomic E-state index is -1.08. The molecular formula is C16H15FO3. The van der Waals surface area contributed by atoms with Crippen LogP contribution in [0.1, 0.15) is 19.4 Å². The third-order valence-electron chi connectivity index (χ3n) is 3.41. The van der Waals surface area contributed by atoms with E-state index < -0.39 is 11.4 Å². The zero-order valence-electron chi connectivity index (χ0n) is 11.2. The highest BCUT2D eigenvalue weighted by atomic mass is 19.1. The van der Waals surface area contributed by atoms with Gasteiger partial charge in [0.05, 0.1) is 5.41 Å². The third-order valence-corrected chi connectivity index (χ3v) is 3.41. The van der Waals surface area contributed by atoms with Crippen molar-refractivity contribution in [1.82, 2.24) is 0 Å². The fourth-order valence-electron chi connectivity index (χ4n) is 1.92. The Hall–Kier alpha value is -2.36. The predicted molar refractivity (Wildman–Crippen MR) is 74.2 cm³/mol. The van der Waals surface area contributed by atoms with E-state index in [1.807, 2.05) is 0 Å². The molecule has 0 aliphatic heterocycles. The summed E-state index contributed by atoms with van der Waals surface area (Å²) in [5.41, 5.74) is 0.630. The van der Waals surface area contributed by atoms with Gasteiger partial charge in [-0.25, -0.2) is 4.39 Å². The third kappa shape index (κ3) is 2.50. The summed E-state index contributed by atoms with van der Waals surface area (Å²) in [7, 11) is 0. The summed E-state index contributed by atoms with van der Waals surface area (Å²) in [6.45, 7) is 3.14. The van der Waals surface area contributed by atoms with Crippen LogP contribution in [0, 0.1) is 5.82 Å². The molecule has 2 aromatic rings. The van der Waals surface area contributed by atoms with Gasteiger partial charge in [0.15, 0.2) is 0 Å². The summed E-state index contributed by atoms with van der Waals surface area (Å²) >= 11 is 0. The van der Waals surface area contributed by atoms with Gasteiger partial charge < -0.3 is 10.2 Å². The number of hydrogen-bond acceptors (Lipinski definition) is 2. The molecule has 0 saturated carbocycles. The molecule has 0 radical (unpaired) electrons. The van der Waals surface area contributed by atoms with E-state index in [1.165, 1.54) is 18.2 Å². The van der Waals surface area contributed by atoms with Crippen molar-refractivity contribution in [3.05, 3.63) is 53.8 Å². The topological polar surface area (TPSA) is 57.5 Å². The first-order valence-electron chi connectivity index (χ1n) is 6.15. The Morgan fingerprint density at radius 3 is 2.20 bits per heavy atom. The molecule has 2 aromatic carbocycles. The molecule has 0 aromatic heterocycles. The van der Waals surface area contributed by atoms with Crippen LogP contribution in [0.3, 0.4) is 0 Å². The first-order valence-corrected chi connectivity index (χ1v) is 6.15. The number of carboxylic acids is 1. The van der Waals surface area contributed by atoms with Crippen molar-refractivity contribution >= 4 is 5.97 Å². The van der Waals surface area contributed by atoms with Gasteiger partial charge in [0.1, 0.15) is 11.6 Å². The van der Waals surface area contributed by atoms with Crippen LogP contribution in [0.25, 0.3) is 11.1 Å². The summed E-state index contributed by atoms with van der Waals surface area (Å²) in [6.07, 6.45) is 0. The number of carboxylic acid groups (broad SMARTS) is 1. The molecule has 0 unspecified atom stereocenters. The van der Waals surface area contributed by atoms with Crippen molar-refractivity contribution in [3.8, 4) is 16.9 Å². The molecule has 2 rings (SSSR count). The number of aliphatic carboxylic acids is 1. The maximum atomic E-state index is 12.9. The van der Waals surface area contributed by atoms with Crippen LogP contribution < -0.4 is 0 Å². The summed E-state index contributed by atoms with van der Waals surface area (Å²) in [5.74, 6) is -1.34. The number of halogens is 1. The first-order chi connectivity index (χ1) is 9.32. The highest BCUT2D eigenvalue weighted by Gasteiger charge is 2.30. The number of benzene rings is 2. The van der Waals surface area contributed by atoms with E-state index in [2.05, 4.69) is 0 Å². The Balaban J connectivity index is 2.45. The Kier molecular flexibility index (Phi) is 3.49. The molecule has 0 spiro atoms. The lowest BCUT2D eigenvalue weighted by atomic mass is 9.84. The smallest absolute Gasteiger partial charge is 0.313 e. The van der Waals surface area contributed by atoms with E-state index in [9.17, 15) is 19.4 Å². The fraction of sp³-hybridized carbons (Fsp3) is 0.188. The van der Waals surface area contributed by atoms with Gasteiger partial charge in [-0.2, -0.15) is 0 Å². The summed E-state index contributed by atoms with van der Waals surface area (Å²) < 4.78 is 12.9. The van der Waals surface area contributed by atoms with Crippen LogP contribution >= 0.6 is 0 Å². The first kappa shape index (κ1) is 14.1. The second-order valence-corrected chi connectivity index (χ2v) is 5.17. The quantitative estimate of drug-likeness (QED) is 0.899. The minimum Gasteiger partial charge on any atom is -0.507 e. The number of aromatic hydroxyl groups is 1. The lowest BCUT2D eigenvalue weighted by Gasteiger charge is -2.20. The Labute approximate surface area is 116 Å². The van der Waals surface area contributed by atoms with E-state index in [1.54, 1.807) is 38.1 Å². The molecule has 0 bridgehead atoms. The fourth-order valence-corrected chi connectivity index (χ4v) is 1.92. The van der Waals surface area contributed by atoms with Gasteiger partial charge in [0, 0.05) is 5.56 Å². The second-order valence-electron chi connectivity index (χ2n) is 5.17. The van der Waals surface area contributed by atoms with Gasteiger partial charge in [-0.15, -0.1) is 0 Å². The van der Waals surface area contributed by atoms with Crippen molar-refractivity contribution in [2.24, 2.45) is 0 Å². The number of carbonyl (C=O) groups is 1. The lowest BCUT2D eigenvalue weighted by molar-refractivity contribution is -0.142. The van der Waals surface area contributed by atoms with Gasteiger partial charge in [0.25, 0.3) is 0 Å².